The number of para-hydroxylation sites is 2. The maximum atomic E-state index is 11.1. The number of carbonyl (C=O) groups excluding carboxylic acids is 1. The fourth-order valence-electron chi connectivity index (χ4n) is 1.47. The Morgan fingerprint density at radius 3 is 2.84 bits per heavy atom. The summed E-state index contributed by atoms with van der Waals surface area (Å²) in [5, 5.41) is 2.97. The number of nitrogen functional groups attached to an aromatic ring is 1. The predicted octanol–water partition coefficient (Wildman–Crippen LogP) is 3.07. The SMILES string of the molecule is CC(=O)Nc1ccccc1Oc1ncc(N)cc1Cl. The first-order valence-electron chi connectivity index (χ1n) is 5.52. The second-order valence-electron chi connectivity index (χ2n) is 3.84. The van der Waals surface area contributed by atoms with E-state index in [1.54, 1.807) is 30.3 Å². The minimum Gasteiger partial charge on any atom is -0.435 e. The van der Waals surface area contributed by atoms with Crippen LogP contribution in [-0.2, 0) is 4.79 Å². The fourth-order valence-corrected chi connectivity index (χ4v) is 1.68. The van der Waals surface area contributed by atoms with Gasteiger partial charge in [0.2, 0.25) is 11.8 Å². The zero-order valence-corrected chi connectivity index (χ0v) is 10.9. The molecule has 19 heavy (non-hydrogen) atoms. The van der Waals surface area contributed by atoms with Crippen LogP contribution in [0, 0.1) is 0 Å². The molecule has 0 atom stereocenters. The zero-order valence-electron chi connectivity index (χ0n) is 10.2. The highest BCUT2D eigenvalue weighted by Crippen LogP contribution is 2.32. The van der Waals surface area contributed by atoms with Crippen LogP contribution >= 0.6 is 11.6 Å². The zero-order chi connectivity index (χ0) is 13.8. The van der Waals surface area contributed by atoms with Gasteiger partial charge in [0.25, 0.3) is 0 Å². The molecule has 0 saturated carbocycles. The number of rotatable bonds is 3. The highest BCUT2D eigenvalue weighted by Gasteiger charge is 2.09. The van der Waals surface area contributed by atoms with E-state index in [1.807, 2.05) is 0 Å². The molecule has 1 amide bonds. The monoisotopic (exact) mass is 277 g/mol. The van der Waals surface area contributed by atoms with Crippen LogP contribution in [0.25, 0.3) is 0 Å². The van der Waals surface area contributed by atoms with Gasteiger partial charge < -0.3 is 15.8 Å². The lowest BCUT2D eigenvalue weighted by atomic mass is 10.3. The third kappa shape index (κ3) is 3.35. The number of carbonyl (C=O) groups is 1. The molecule has 6 heteroatoms. The Labute approximate surface area is 115 Å². The van der Waals surface area contributed by atoms with Gasteiger partial charge >= 0.3 is 0 Å². The molecule has 0 fully saturated rings. The van der Waals surface area contributed by atoms with E-state index in [1.165, 1.54) is 13.1 Å². The lowest BCUT2D eigenvalue weighted by Gasteiger charge is -2.11. The van der Waals surface area contributed by atoms with Gasteiger partial charge in [-0.2, -0.15) is 0 Å². The number of halogens is 1. The largest absolute Gasteiger partial charge is 0.435 e. The molecular weight excluding hydrogens is 266 g/mol. The van der Waals surface area contributed by atoms with Crippen molar-refractivity contribution in [1.82, 2.24) is 4.98 Å². The molecule has 98 valence electrons. The van der Waals surface area contributed by atoms with Crippen molar-refractivity contribution in [1.29, 1.82) is 0 Å². The topological polar surface area (TPSA) is 77.2 Å². The van der Waals surface area contributed by atoms with Gasteiger partial charge in [0.05, 0.1) is 17.6 Å². The van der Waals surface area contributed by atoms with Crippen LogP contribution in [0.15, 0.2) is 36.5 Å². The Bertz CT molecular complexity index is 617. The Balaban J connectivity index is 2.30. The molecule has 2 aromatic rings. The van der Waals surface area contributed by atoms with Crippen LogP contribution in [0.2, 0.25) is 5.02 Å². The smallest absolute Gasteiger partial charge is 0.238 e. The molecule has 0 aliphatic rings. The highest BCUT2D eigenvalue weighted by molar-refractivity contribution is 6.32. The van der Waals surface area contributed by atoms with Gasteiger partial charge in [0.15, 0.2) is 5.75 Å². The van der Waals surface area contributed by atoms with Crippen molar-refractivity contribution in [3.63, 3.8) is 0 Å². The van der Waals surface area contributed by atoms with Crippen molar-refractivity contribution in [3.05, 3.63) is 41.6 Å². The minimum atomic E-state index is -0.188. The summed E-state index contributed by atoms with van der Waals surface area (Å²) in [6, 6.07) is 8.55. The average Bonchev–Trinajstić information content (AvgIpc) is 2.34. The van der Waals surface area contributed by atoms with Crippen LogP contribution in [0.3, 0.4) is 0 Å². The van der Waals surface area contributed by atoms with Crippen LogP contribution in [0.5, 0.6) is 11.6 Å². The number of anilines is 2. The number of nitrogens with two attached hydrogens (primary N) is 1. The minimum absolute atomic E-state index is 0.188. The maximum Gasteiger partial charge on any atom is 0.238 e. The Kier molecular flexibility index (Phi) is 3.87. The molecule has 0 aliphatic carbocycles. The number of pyridine rings is 1. The Hall–Kier alpha value is -2.27. The molecule has 0 saturated heterocycles. The molecule has 0 aliphatic heterocycles. The molecule has 2 rings (SSSR count). The summed E-state index contributed by atoms with van der Waals surface area (Å²) < 4.78 is 5.58. The molecule has 0 bridgehead atoms. The first-order valence-corrected chi connectivity index (χ1v) is 5.89. The normalized spacial score (nSPS) is 10.0. The second-order valence-corrected chi connectivity index (χ2v) is 4.24. The van der Waals surface area contributed by atoms with Gasteiger partial charge in [-0.15, -0.1) is 0 Å². The quantitative estimate of drug-likeness (QED) is 0.904. The fraction of sp³-hybridized carbons (Fsp3) is 0.0769. The second kappa shape index (κ2) is 5.58. The summed E-state index contributed by atoms with van der Waals surface area (Å²) in [6.07, 6.45) is 1.45. The van der Waals surface area contributed by atoms with Gasteiger partial charge in [-0.1, -0.05) is 23.7 Å². The van der Waals surface area contributed by atoms with E-state index in [0.717, 1.165) is 0 Å². The molecule has 1 heterocycles. The standard InChI is InChI=1S/C13H12ClN3O2/c1-8(18)17-11-4-2-3-5-12(11)19-13-10(14)6-9(15)7-16-13/h2-7H,15H2,1H3,(H,17,18). The van der Waals surface area contributed by atoms with Crippen molar-refractivity contribution in [2.45, 2.75) is 6.92 Å². The number of aromatic nitrogens is 1. The van der Waals surface area contributed by atoms with E-state index in [0.29, 0.717) is 22.1 Å². The number of hydrogen-bond acceptors (Lipinski definition) is 4. The third-order valence-electron chi connectivity index (χ3n) is 2.23. The first kappa shape index (κ1) is 13.2. The molecule has 0 spiro atoms. The highest BCUT2D eigenvalue weighted by atomic mass is 35.5. The summed E-state index contributed by atoms with van der Waals surface area (Å²) in [4.78, 5) is 15.1. The molecule has 3 N–H and O–H groups in total. The van der Waals surface area contributed by atoms with Crippen LogP contribution in [-0.4, -0.2) is 10.9 Å². The maximum absolute atomic E-state index is 11.1. The van der Waals surface area contributed by atoms with E-state index in [4.69, 9.17) is 22.1 Å². The third-order valence-corrected chi connectivity index (χ3v) is 2.50. The van der Waals surface area contributed by atoms with E-state index in [9.17, 15) is 4.79 Å². The number of nitrogens with one attached hydrogen (secondary N) is 1. The molecule has 5 nitrogen and oxygen atoms in total. The van der Waals surface area contributed by atoms with Gasteiger partial charge in [-0.25, -0.2) is 4.98 Å². The molecular formula is C13H12ClN3O2. The van der Waals surface area contributed by atoms with Crippen molar-refractivity contribution in [3.8, 4) is 11.6 Å². The van der Waals surface area contributed by atoms with E-state index >= 15 is 0 Å². The lowest BCUT2D eigenvalue weighted by molar-refractivity contribution is -0.114. The van der Waals surface area contributed by atoms with Crippen molar-refractivity contribution in [2.75, 3.05) is 11.1 Å². The van der Waals surface area contributed by atoms with Crippen LogP contribution in [0.4, 0.5) is 11.4 Å². The summed E-state index contributed by atoms with van der Waals surface area (Å²) in [7, 11) is 0. The van der Waals surface area contributed by atoms with Crippen LogP contribution < -0.4 is 15.8 Å². The number of hydrogen-bond donors (Lipinski definition) is 2. The number of amides is 1. The van der Waals surface area contributed by atoms with Gasteiger partial charge in [-0.05, 0) is 18.2 Å². The van der Waals surface area contributed by atoms with E-state index < -0.39 is 0 Å². The van der Waals surface area contributed by atoms with Crippen molar-refractivity contribution in [2.24, 2.45) is 0 Å². The average molecular weight is 278 g/mol. The number of benzene rings is 1. The Morgan fingerprint density at radius 1 is 1.42 bits per heavy atom. The summed E-state index contributed by atoms with van der Waals surface area (Å²) in [6.45, 7) is 1.42. The lowest BCUT2D eigenvalue weighted by Crippen LogP contribution is -2.07. The molecule has 0 unspecified atom stereocenters. The number of ether oxygens (including phenoxy) is 1. The van der Waals surface area contributed by atoms with Crippen molar-refractivity contribution >= 4 is 28.9 Å². The van der Waals surface area contributed by atoms with Gasteiger partial charge in [0.1, 0.15) is 5.02 Å². The van der Waals surface area contributed by atoms with E-state index in [-0.39, 0.29) is 11.8 Å². The van der Waals surface area contributed by atoms with Crippen LogP contribution in [0.1, 0.15) is 6.92 Å². The Morgan fingerprint density at radius 2 is 2.16 bits per heavy atom. The molecule has 1 aromatic heterocycles. The van der Waals surface area contributed by atoms with Gasteiger partial charge in [0, 0.05) is 6.92 Å². The van der Waals surface area contributed by atoms with Gasteiger partial charge in [-0.3, -0.25) is 4.79 Å². The summed E-state index contributed by atoms with van der Waals surface area (Å²) in [5.74, 6) is 0.498. The summed E-state index contributed by atoms with van der Waals surface area (Å²) >= 11 is 5.98. The predicted molar refractivity (Wildman–Crippen MR) is 74.5 cm³/mol. The van der Waals surface area contributed by atoms with Crippen molar-refractivity contribution < 1.29 is 9.53 Å². The molecule has 1 aromatic carbocycles. The summed E-state index contributed by atoms with van der Waals surface area (Å²) in [5.41, 5.74) is 6.55. The van der Waals surface area contributed by atoms with E-state index in [2.05, 4.69) is 10.3 Å². The molecule has 0 radical (unpaired) electrons. The number of nitrogens with zero attached hydrogens (tertiary/aromatic N) is 1. The first-order chi connectivity index (χ1) is 9.06.